The number of nitrogens with zero attached hydrogens (tertiary/aromatic N) is 2. The van der Waals surface area contributed by atoms with Crippen LogP contribution in [0.3, 0.4) is 0 Å². The van der Waals surface area contributed by atoms with Crippen molar-refractivity contribution >= 4 is 22.3 Å². The lowest BCUT2D eigenvalue weighted by molar-refractivity contribution is 0.0690. The number of hydrogen-bond donors (Lipinski definition) is 1. The zero-order chi connectivity index (χ0) is 10.3. The largest absolute Gasteiger partial charge is 0.477 e. The van der Waals surface area contributed by atoms with Crippen molar-refractivity contribution in [1.82, 2.24) is 9.38 Å². The van der Waals surface area contributed by atoms with Crippen LogP contribution in [0.4, 0.5) is 0 Å². The van der Waals surface area contributed by atoms with Gasteiger partial charge in [-0.15, -0.1) is 11.3 Å². The predicted molar refractivity (Wildman–Crippen MR) is 51.0 cm³/mol. The number of fused-ring (bicyclic) bond motifs is 1. The van der Waals surface area contributed by atoms with E-state index in [1.807, 2.05) is 6.92 Å². The molecule has 0 saturated heterocycles. The van der Waals surface area contributed by atoms with Crippen LogP contribution in [0.25, 0.3) is 4.96 Å². The average molecular weight is 210 g/mol. The molecule has 0 amide bonds. The van der Waals surface area contributed by atoms with Gasteiger partial charge in [-0.1, -0.05) is 0 Å². The van der Waals surface area contributed by atoms with Gasteiger partial charge in [0.05, 0.1) is 0 Å². The Labute approximate surface area is 82.3 Å². The van der Waals surface area contributed by atoms with Crippen LogP contribution in [0.2, 0.25) is 0 Å². The number of aryl methyl sites for hydroxylation is 1. The van der Waals surface area contributed by atoms with Crippen LogP contribution in [0.5, 0.6) is 0 Å². The second kappa shape index (κ2) is 2.91. The van der Waals surface area contributed by atoms with Crippen molar-refractivity contribution in [3.63, 3.8) is 0 Å². The minimum absolute atomic E-state index is 0.211. The zero-order valence-corrected chi connectivity index (χ0v) is 8.04. The van der Waals surface area contributed by atoms with Gasteiger partial charge in [-0.2, -0.15) is 0 Å². The molecule has 0 aliphatic carbocycles. The van der Waals surface area contributed by atoms with Crippen LogP contribution < -0.4 is 5.56 Å². The normalized spacial score (nSPS) is 10.6. The molecule has 0 unspecified atom stereocenters. The van der Waals surface area contributed by atoms with Crippen molar-refractivity contribution in [3.05, 3.63) is 33.2 Å². The van der Waals surface area contributed by atoms with Gasteiger partial charge in [0.2, 0.25) is 0 Å². The lowest BCUT2D eigenvalue weighted by Crippen LogP contribution is -2.15. The van der Waals surface area contributed by atoms with E-state index in [1.165, 1.54) is 15.7 Å². The summed E-state index contributed by atoms with van der Waals surface area (Å²) in [5.41, 5.74) is -0.575. The average Bonchev–Trinajstić information content (AvgIpc) is 2.45. The fraction of sp³-hybridized carbons (Fsp3) is 0.125. The van der Waals surface area contributed by atoms with Crippen molar-refractivity contribution in [2.24, 2.45) is 0 Å². The molecule has 0 radical (unpaired) electrons. The zero-order valence-electron chi connectivity index (χ0n) is 7.22. The summed E-state index contributed by atoms with van der Waals surface area (Å²) in [7, 11) is 0. The number of hydrogen-bond acceptors (Lipinski definition) is 4. The van der Waals surface area contributed by atoms with E-state index in [9.17, 15) is 9.59 Å². The molecule has 0 aromatic carbocycles. The number of thiazole rings is 1. The molecule has 1 N–H and O–H groups in total. The molecule has 2 heterocycles. The second-order valence-corrected chi connectivity index (χ2v) is 3.99. The van der Waals surface area contributed by atoms with E-state index in [2.05, 4.69) is 4.98 Å². The molecule has 0 fully saturated rings. The van der Waals surface area contributed by atoms with Crippen LogP contribution in [0.15, 0.2) is 17.1 Å². The summed E-state index contributed by atoms with van der Waals surface area (Å²) in [5, 5.41) is 8.67. The third-order valence-electron chi connectivity index (χ3n) is 1.70. The fourth-order valence-electron chi connectivity index (χ4n) is 1.12. The molecule has 0 saturated carbocycles. The van der Waals surface area contributed by atoms with Gasteiger partial charge >= 0.3 is 5.97 Å². The molecule has 0 atom stereocenters. The summed E-state index contributed by atoms with van der Waals surface area (Å²) in [6.45, 7) is 1.83. The van der Waals surface area contributed by atoms with Gasteiger partial charge in [0.1, 0.15) is 0 Å². The molecule has 5 nitrogen and oxygen atoms in total. The summed E-state index contributed by atoms with van der Waals surface area (Å²) < 4.78 is 1.34. The van der Waals surface area contributed by atoms with Crippen molar-refractivity contribution < 1.29 is 9.90 Å². The van der Waals surface area contributed by atoms with Crippen molar-refractivity contribution in [3.8, 4) is 0 Å². The Morgan fingerprint density at radius 2 is 2.36 bits per heavy atom. The maximum atomic E-state index is 11.4. The number of rotatable bonds is 1. The third-order valence-corrected chi connectivity index (χ3v) is 2.60. The predicted octanol–water partition coefficient (Wildman–Crippen LogP) is 0.763. The summed E-state index contributed by atoms with van der Waals surface area (Å²) in [4.78, 5) is 27.1. The molecular formula is C8H6N2O3S. The van der Waals surface area contributed by atoms with Gasteiger partial charge < -0.3 is 5.11 Å². The summed E-state index contributed by atoms with van der Waals surface area (Å²) >= 11 is 1.29. The molecule has 2 aromatic rings. The third kappa shape index (κ3) is 1.29. The molecule has 2 rings (SSSR count). The number of carbonyl (C=O) groups is 1. The Morgan fingerprint density at radius 3 is 3.00 bits per heavy atom. The molecule has 6 heteroatoms. The van der Waals surface area contributed by atoms with Crippen LogP contribution in [0.1, 0.15) is 15.4 Å². The number of aromatic nitrogens is 2. The van der Waals surface area contributed by atoms with Gasteiger partial charge in [0.25, 0.3) is 5.56 Å². The fourth-order valence-corrected chi connectivity index (χ4v) is 1.95. The SMILES string of the molecule is Cc1cn2c(=O)cc(C(=O)O)nc2s1. The lowest BCUT2D eigenvalue weighted by atomic mass is 10.4. The van der Waals surface area contributed by atoms with Crippen molar-refractivity contribution in [2.45, 2.75) is 6.92 Å². The van der Waals surface area contributed by atoms with Gasteiger partial charge in [0.15, 0.2) is 10.7 Å². The van der Waals surface area contributed by atoms with E-state index >= 15 is 0 Å². The smallest absolute Gasteiger partial charge is 0.354 e. The van der Waals surface area contributed by atoms with E-state index in [1.54, 1.807) is 6.20 Å². The molecule has 14 heavy (non-hydrogen) atoms. The second-order valence-electron chi connectivity index (χ2n) is 2.78. The Bertz CT molecular complexity index is 569. The molecule has 0 spiro atoms. The molecule has 2 aromatic heterocycles. The molecule has 0 aliphatic heterocycles. The monoisotopic (exact) mass is 210 g/mol. The van der Waals surface area contributed by atoms with E-state index in [0.29, 0.717) is 4.96 Å². The number of carboxylic acids is 1. The van der Waals surface area contributed by atoms with Gasteiger partial charge in [0, 0.05) is 17.1 Å². The van der Waals surface area contributed by atoms with E-state index in [-0.39, 0.29) is 11.3 Å². The minimum atomic E-state index is -1.18. The van der Waals surface area contributed by atoms with Crippen molar-refractivity contribution in [1.29, 1.82) is 0 Å². The maximum absolute atomic E-state index is 11.4. The first-order chi connectivity index (χ1) is 6.58. The highest BCUT2D eigenvalue weighted by Gasteiger charge is 2.09. The topological polar surface area (TPSA) is 71.7 Å². The van der Waals surface area contributed by atoms with Crippen molar-refractivity contribution in [2.75, 3.05) is 0 Å². The highest BCUT2D eigenvalue weighted by molar-refractivity contribution is 7.16. The van der Waals surface area contributed by atoms with E-state index in [0.717, 1.165) is 10.9 Å². The summed E-state index contributed by atoms with van der Waals surface area (Å²) in [5.74, 6) is -1.18. The van der Waals surface area contributed by atoms with Crippen LogP contribution >= 0.6 is 11.3 Å². The van der Waals surface area contributed by atoms with Crippen LogP contribution in [0, 0.1) is 6.92 Å². The highest BCUT2D eigenvalue weighted by atomic mass is 32.1. The molecule has 0 bridgehead atoms. The Hall–Kier alpha value is -1.69. The molecular weight excluding hydrogens is 204 g/mol. The quantitative estimate of drug-likeness (QED) is 0.754. The first-order valence-corrected chi connectivity index (χ1v) is 4.63. The number of aromatic carboxylic acids is 1. The minimum Gasteiger partial charge on any atom is -0.477 e. The van der Waals surface area contributed by atoms with Crippen LogP contribution in [-0.2, 0) is 0 Å². The Morgan fingerprint density at radius 1 is 1.64 bits per heavy atom. The first kappa shape index (κ1) is 8.89. The summed E-state index contributed by atoms with van der Waals surface area (Å²) in [6, 6.07) is 1.02. The number of carboxylic acid groups (broad SMARTS) is 1. The van der Waals surface area contributed by atoms with E-state index < -0.39 is 5.97 Å². The standard InChI is InChI=1S/C8H6N2O3S/c1-4-3-10-6(11)2-5(7(12)13)9-8(10)14-4/h2-3H,1H3,(H,12,13). The maximum Gasteiger partial charge on any atom is 0.354 e. The van der Waals surface area contributed by atoms with Gasteiger partial charge in [-0.25, -0.2) is 9.78 Å². The Kier molecular flexibility index (Phi) is 1.85. The molecule has 0 aliphatic rings. The van der Waals surface area contributed by atoms with E-state index in [4.69, 9.17) is 5.11 Å². The molecule has 72 valence electrons. The van der Waals surface area contributed by atoms with Gasteiger partial charge in [-0.05, 0) is 6.92 Å². The summed E-state index contributed by atoms with van der Waals surface area (Å²) in [6.07, 6.45) is 1.64. The first-order valence-electron chi connectivity index (χ1n) is 3.81. The van der Waals surface area contributed by atoms with Gasteiger partial charge in [-0.3, -0.25) is 9.20 Å². The lowest BCUT2D eigenvalue weighted by Gasteiger charge is -1.93. The van der Waals surface area contributed by atoms with Crippen LogP contribution in [-0.4, -0.2) is 20.5 Å². The Balaban J connectivity index is 2.84. The highest BCUT2D eigenvalue weighted by Crippen LogP contribution is 2.12.